The predicted molar refractivity (Wildman–Crippen MR) is 80.5 cm³/mol. The summed E-state index contributed by atoms with van der Waals surface area (Å²) in [5.74, 6) is -0.790. The maximum absolute atomic E-state index is 12.0. The van der Waals surface area contributed by atoms with Gasteiger partial charge >= 0.3 is 5.97 Å². The number of carbonyl (C=O) groups is 2. The Bertz CT molecular complexity index is 817. The number of aromatic nitrogens is 1. The van der Waals surface area contributed by atoms with E-state index < -0.39 is 11.5 Å². The van der Waals surface area contributed by atoms with E-state index in [9.17, 15) is 14.4 Å². The summed E-state index contributed by atoms with van der Waals surface area (Å²) in [4.78, 5) is 37.5. The fraction of sp³-hybridized carbons (Fsp3) is 0.133. The molecule has 0 aliphatic rings. The highest BCUT2D eigenvalue weighted by Crippen LogP contribution is 2.00. The average molecular weight is 303 g/mol. The van der Waals surface area contributed by atoms with Crippen molar-refractivity contribution in [2.24, 2.45) is 0 Å². The molecule has 0 saturated heterocycles. The van der Waals surface area contributed by atoms with Crippen LogP contribution in [-0.4, -0.2) is 23.3 Å². The Labute approximate surface area is 124 Å². The molecule has 108 valence electrons. The first-order chi connectivity index (χ1) is 10.1. The SMILES string of the molecule is CCOC(=O)/C=c1\s/c(=C/C(=O)c2ccccc2)[nH]c1=O. The molecule has 0 saturated carbocycles. The van der Waals surface area contributed by atoms with Crippen molar-refractivity contribution in [2.45, 2.75) is 6.92 Å². The molecule has 0 bridgehead atoms. The lowest BCUT2D eigenvalue weighted by Gasteiger charge is -1.92. The van der Waals surface area contributed by atoms with Gasteiger partial charge in [0.2, 0.25) is 0 Å². The predicted octanol–water partition coefficient (Wildman–Crippen LogP) is 0.443. The summed E-state index contributed by atoms with van der Waals surface area (Å²) in [6.07, 6.45) is 2.46. The van der Waals surface area contributed by atoms with Crippen molar-refractivity contribution in [3.8, 4) is 0 Å². The summed E-state index contributed by atoms with van der Waals surface area (Å²) >= 11 is 1.04. The van der Waals surface area contributed by atoms with E-state index in [1.165, 1.54) is 6.08 Å². The first-order valence-corrected chi connectivity index (χ1v) is 7.10. The van der Waals surface area contributed by atoms with Crippen molar-refractivity contribution in [3.05, 3.63) is 55.4 Å². The van der Waals surface area contributed by atoms with Gasteiger partial charge in [-0.25, -0.2) is 4.79 Å². The Hall–Kier alpha value is -2.47. The van der Waals surface area contributed by atoms with E-state index in [1.54, 1.807) is 31.2 Å². The molecule has 0 atom stereocenters. The normalized spacial score (nSPS) is 12.4. The Balaban J connectivity index is 2.35. The number of benzene rings is 1. The number of ketones is 1. The van der Waals surface area contributed by atoms with Gasteiger partial charge in [0.05, 0.1) is 11.3 Å². The average Bonchev–Trinajstić information content (AvgIpc) is 2.80. The molecule has 21 heavy (non-hydrogen) atoms. The number of aromatic amines is 1. The molecule has 0 fully saturated rings. The summed E-state index contributed by atoms with van der Waals surface area (Å²) in [7, 11) is 0. The number of carbonyl (C=O) groups excluding carboxylic acids is 2. The van der Waals surface area contributed by atoms with Crippen molar-refractivity contribution in [2.75, 3.05) is 6.61 Å². The summed E-state index contributed by atoms with van der Waals surface area (Å²) in [6.45, 7) is 1.92. The number of Topliss-reactive ketones (excluding diaryl/α,β-unsaturated/α-hetero) is 1. The number of nitrogens with one attached hydrogen (secondary N) is 1. The Morgan fingerprint density at radius 2 is 1.95 bits per heavy atom. The molecule has 0 radical (unpaired) electrons. The zero-order chi connectivity index (χ0) is 15.2. The Morgan fingerprint density at radius 1 is 1.24 bits per heavy atom. The van der Waals surface area contributed by atoms with E-state index in [0.717, 1.165) is 17.4 Å². The number of thiazole rings is 1. The van der Waals surface area contributed by atoms with Crippen LogP contribution in [0.5, 0.6) is 0 Å². The van der Waals surface area contributed by atoms with Gasteiger partial charge in [-0.2, -0.15) is 0 Å². The Morgan fingerprint density at radius 3 is 2.62 bits per heavy atom. The number of ether oxygens (including phenoxy) is 1. The minimum Gasteiger partial charge on any atom is -0.463 e. The van der Waals surface area contributed by atoms with Crippen molar-refractivity contribution in [3.63, 3.8) is 0 Å². The molecular formula is C15H13NO4S. The molecule has 1 heterocycles. The lowest BCUT2D eigenvalue weighted by Crippen LogP contribution is -2.21. The first kappa shape index (κ1) is 14.9. The lowest BCUT2D eigenvalue weighted by molar-refractivity contribution is -0.135. The van der Waals surface area contributed by atoms with Crippen LogP contribution in [0.1, 0.15) is 17.3 Å². The van der Waals surface area contributed by atoms with E-state index in [-0.39, 0.29) is 16.9 Å². The van der Waals surface area contributed by atoms with Crippen molar-refractivity contribution in [1.82, 2.24) is 4.98 Å². The minimum atomic E-state index is -0.578. The van der Waals surface area contributed by atoms with Crippen LogP contribution in [0.25, 0.3) is 12.2 Å². The van der Waals surface area contributed by atoms with Gasteiger partial charge in [-0.1, -0.05) is 30.3 Å². The summed E-state index contributed by atoms with van der Waals surface area (Å²) in [5.41, 5.74) is 0.114. The standard InChI is InChI=1S/C15H13NO4S/c1-2-20-14(18)9-12-15(19)16-13(21-12)8-11(17)10-6-4-3-5-7-10/h3-9H,2H2,1H3,(H,16,19)/b12-9-,13-8+. The second-order valence-corrected chi connectivity index (χ2v) is 5.14. The molecule has 2 aromatic rings. The van der Waals surface area contributed by atoms with Crippen LogP contribution in [0, 0.1) is 0 Å². The van der Waals surface area contributed by atoms with Gasteiger partial charge in [-0.3, -0.25) is 9.59 Å². The molecule has 1 aromatic carbocycles. The highest BCUT2D eigenvalue weighted by molar-refractivity contribution is 7.07. The monoisotopic (exact) mass is 303 g/mol. The van der Waals surface area contributed by atoms with Crippen LogP contribution in [0.2, 0.25) is 0 Å². The highest BCUT2D eigenvalue weighted by Gasteiger charge is 2.03. The first-order valence-electron chi connectivity index (χ1n) is 6.29. The third-order valence-electron chi connectivity index (χ3n) is 2.54. The number of hydrogen-bond acceptors (Lipinski definition) is 5. The zero-order valence-electron chi connectivity index (χ0n) is 11.3. The van der Waals surface area contributed by atoms with Crippen LogP contribution in [-0.2, 0) is 9.53 Å². The molecule has 1 N–H and O–H groups in total. The topological polar surface area (TPSA) is 76.2 Å². The van der Waals surface area contributed by atoms with Crippen LogP contribution in [0.15, 0.2) is 35.1 Å². The van der Waals surface area contributed by atoms with Crippen molar-refractivity contribution >= 4 is 35.2 Å². The van der Waals surface area contributed by atoms with Crippen molar-refractivity contribution < 1.29 is 14.3 Å². The molecule has 5 nitrogen and oxygen atoms in total. The highest BCUT2D eigenvalue weighted by atomic mass is 32.1. The van der Waals surface area contributed by atoms with E-state index in [4.69, 9.17) is 4.74 Å². The van der Waals surface area contributed by atoms with Crippen LogP contribution < -0.4 is 14.8 Å². The molecule has 0 amide bonds. The smallest absolute Gasteiger partial charge is 0.332 e. The third kappa shape index (κ3) is 4.00. The van der Waals surface area contributed by atoms with E-state index in [0.29, 0.717) is 10.2 Å². The third-order valence-corrected chi connectivity index (χ3v) is 3.50. The number of H-pyrrole nitrogens is 1. The molecule has 0 unspecified atom stereocenters. The quantitative estimate of drug-likeness (QED) is 0.657. The molecule has 0 spiro atoms. The van der Waals surface area contributed by atoms with Gasteiger partial charge in [0.15, 0.2) is 5.78 Å². The second kappa shape index (κ2) is 6.81. The zero-order valence-corrected chi connectivity index (χ0v) is 12.1. The lowest BCUT2D eigenvalue weighted by atomic mass is 10.1. The molecular weight excluding hydrogens is 290 g/mol. The van der Waals surface area contributed by atoms with E-state index >= 15 is 0 Å². The van der Waals surface area contributed by atoms with Crippen LogP contribution >= 0.6 is 11.3 Å². The van der Waals surface area contributed by atoms with Gasteiger partial charge in [0.25, 0.3) is 5.56 Å². The Kier molecular flexibility index (Phi) is 4.84. The number of esters is 1. The maximum atomic E-state index is 12.0. The summed E-state index contributed by atoms with van der Waals surface area (Å²) in [6, 6.07) is 8.72. The molecule has 2 rings (SSSR count). The van der Waals surface area contributed by atoms with Gasteiger partial charge < -0.3 is 9.72 Å². The van der Waals surface area contributed by atoms with Crippen LogP contribution in [0.4, 0.5) is 0 Å². The van der Waals surface area contributed by atoms with Crippen molar-refractivity contribution in [1.29, 1.82) is 0 Å². The van der Waals surface area contributed by atoms with Crippen LogP contribution in [0.3, 0.4) is 0 Å². The molecule has 6 heteroatoms. The second-order valence-electron chi connectivity index (χ2n) is 4.06. The maximum Gasteiger partial charge on any atom is 0.332 e. The van der Waals surface area contributed by atoms with Gasteiger partial charge in [-0.15, -0.1) is 11.3 Å². The van der Waals surface area contributed by atoms with Gasteiger partial charge in [-0.05, 0) is 6.92 Å². The molecule has 1 aromatic heterocycles. The summed E-state index contributed by atoms with van der Waals surface area (Å²) in [5, 5.41) is 0. The summed E-state index contributed by atoms with van der Waals surface area (Å²) < 4.78 is 5.34. The largest absolute Gasteiger partial charge is 0.463 e. The van der Waals surface area contributed by atoms with E-state index in [1.807, 2.05) is 6.07 Å². The minimum absolute atomic E-state index is 0.209. The van der Waals surface area contributed by atoms with Gasteiger partial charge in [0.1, 0.15) is 4.53 Å². The number of rotatable bonds is 4. The molecule has 0 aliphatic carbocycles. The van der Waals surface area contributed by atoms with Gasteiger partial charge in [0, 0.05) is 17.7 Å². The number of hydrogen-bond donors (Lipinski definition) is 1. The fourth-order valence-electron chi connectivity index (χ4n) is 1.62. The molecule has 0 aliphatic heterocycles. The van der Waals surface area contributed by atoms with E-state index in [2.05, 4.69) is 4.98 Å². The fourth-order valence-corrected chi connectivity index (χ4v) is 2.47.